The van der Waals surface area contributed by atoms with Gasteiger partial charge in [-0.15, -0.1) is 0 Å². The molecule has 3 rings (SSSR count). The molecule has 1 aromatic heterocycles. The van der Waals surface area contributed by atoms with Crippen molar-refractivity contribution in [2.24, 2.45) is 17.2 Å². The number of anilines is 1. The number of amides is 1. The van der Waals surface area contributed by atoms with Crippen LogP contribution in [0.1, 0.15) is 10.5 Å². The molecule has 0 saturated heterocycles. The number of carbonyl (C=O) groups is 1. The van der Waals surface area contributed by atoms with Crippen LogP contribution in [0.2, 0.25) is 5.02 Å². The van der Waals surface area contributed by atoms with Gasteiger partial charge in [-0.25, -0.2) is 0 Å². The maximum atomic E-state index is 11.2. The second-order valence-electron chi connectivity index (χ2n) is 6.15. The van der Waals surface area contributed by atoms with Gasteiger partial charge in [0.05, 0.1) is 5.70 Å². The molecular weight excluding hydrogens is 390 g/mol. The van der Waals surface area contributed by atoms with E-state index in [4.69, 9.17) is 33.5 Å². The molecule has 7 N–H and O–H groups in total. The number of nitrogens with one attached hydrogen (secondary N) is 1. The van der Waals surface area contributed by atoms with Gasteiger partial charge < -0.3 is 27.3 Å². The third-order valence-electron chi connectivity index (χ3n) is 4.06. The number of halogens is 1. The Morgan fingerprint density at radius 1 is 1.00 bits per heavy atom. The molecule has 3 aromatic rings. The minimum absolute atomic E-state index is 0.0907. The third kappa shape index (κ3) is 5.18. The third-order valence-corrected chi connectivity index (χ3v) is 4.32. The zero-order chi connectivity index (χ0) is 20.8. The zero-order valence-corrected chi connectivity index (χ0v) is 16.2. The van der Waals surface area contributed by atoms with Crippen LogP contribution in [-0.4, -0.2) is 17.5 Å². The van der Waals surface area contributed by atoms with E-state index in [0.29, 0.717) is 22.3 Å². The Hall–Kier alpha value is -3.71. The van der Waals surface area contributed by atoms with Crippen LogP contribution < -0.4 is 37.7 Å². The number of rotatable bonds is 6. The van der Waals surface area contributed by atoms with E-state index in [1.807, 2.05) is 36.4 Å². The van der Waals surface area contributed by atoms with Crippen LogP contribution in [0.25, 0.3) is 11.5 Å². The van der Waals surface area contributed by atoms with E-state index in [2.05, 4.69) is 10.3 Å². The average Bonchev–Trinajstić information content (AvgIpc) is 2.73. The fourth-order valence-electron chi connectivity index (χ4n) is 2.63. The summed E-state index contributed by atoms with van der Waals surface area (Å²) in [4.78, 5) is 15.1. The van der Waals surface area contributed by atoms with Gasteiger partial charge in [-0.2, -0.15) is 0 Å². The van der Waals surface area contributed by atoms with E-state index in [1.165, 1.54) is 12.3 Å². The van der Waals surface area contributed by atoms with E-state index in [1.54, 1.807) is 18.2 Å². The van der Waals surface area contributed by atoms with Crippen molar-refractivity contribution in [1.82, 2.24) is 4.98 Å². The number of aromatic nitrogens is 1. The molecule has 7 nitrogen and oxygen atoms in total. The van der Waals surface area contributed by atoms with Crippen molar-refractivity contribution in [3.63, 3.8) is 0 Å². The molecule has 1 heterocycles. The maximum absolute atomic E-state index is 11.2. The van der Waals surface area contributed by atoms with Crippen molar-refractivity contribution < 1.29 is 9.53 Å². The van der Waals surface area contributed by atoms with Gasteiger partial charge in [0.25, 0.3) is 5.91 Å². The number of hydrogen-bond donors (Lipinski definition) is 4. The van der Waals surface area contributed by atoms with Crippen molar-refractivity contribution in [1.29, 1.82) is 0 Å². The predicted octanol–water partition coefficient (Wildman–Crippen LogP) is 1.12. The van der Waals surface area contributed by atoms with E-state index in [0.717, 1.165) is 16.1 Å². The summed E-state index contributed by atoms with van der Waals surface area (Å²) in [5.41, 5.74) is 19.2. The largest absolute Gasteiger partial charge is 0.487 e. The molecule has 29 heavy (non-hydrogen) atoms. The summed E-state index contributed by atoms with van der Waals surface area (Å²) in [6.07, 6.45) is 1.45. The lowest BCUT2D eigenvalue weighted by molar-refractivity contribution is 0.0995. The molecule has 148 valence electrons. The zero-order valence-electron chi connectivity index (χ0n) is 15.4. The molecule has 0 aliphatic heterocycles. The van der Waals surface area contributed by atoms with Gasteiger partial charge in [-0.3, -0.25) is 9.78 Å². The van der Waals surface area contributed by atoms with E-state index in [-0.39, 0.29) is 12.3 Å². The lowest BCUT2D eigenvalue weighted by atomic mass is 10.2. The maximum Gasteiger partial charge on any atom is 0.267 e. The summed E-state index contributed by atoms with van der Waals surface area (Å²) in [5, 5.41) is 5.24. The summed E-state index contributed by atoms with van der Waals surface area (Å²) in [6.45, 7) is 0.0907. The fraction of sp³-hybridized carbons (Fsp3) is 0.0476. The molecule has 0 spiro atoms. The Balaban J connectivity index is 1.89. The van der Waals surface area contributed by atoms with Crippen LogP contribution in [0, 0.1) is 0 Å². The van der Waals surface area contributed by atoms with Crippen LogP contribution in [0.15, 0.2) is 66.9 Å². The normalized spacial score (nSPS) is 12.7. The first-order valence-corrected chi connectivity index (χ1v) is 9.06. The Labute approximate surface area is 172 Å². The molecule has 0 unspecified atom stereocenters. The molecule has 0 aliphatic carbocycles. The molecule has 1 amide bonds. The van der Waals surface area contributed by atoms with E-state index < -0.39 is 5.91 Å². The predicted molar refractivity (Wildman–Crippen MR) is 114 cm³/mol. The van der Waals surface area contributed by atoms with Gasteiger partial charge in [0.15, 0.2) is 0 Å². The quantitative estimate of drug-likeness (QED) is 0.482. The molecular formula is C21H20ClN5O2. The lowest BCUT2D eigenvalue weighted by Gasteiger charge is -2.09. The van der Waals surface area contributed by atoms with Crippen molar-refractivity contribution in [2.75, 3.05) is 11.9 Å². The molecule has 0 radical (unpaired) electrons. The van der Waals surface area contributed by atoms with Crippen LogP contribution >= 0.6 is 11.6 Å². The SMILES string of the molecule is NC(=O)c1cc(OC/C(N)=c2\cccc\c2=C(\N)Nc2ccc(Cl)cc2)ccn1. The summed E-state index contributed by atoms with van der Waals surface area (Å²) in [6, 6.07) is 17.7. The number of nitrogens with zero attached hydrogens (tertiary/aromatic N) is 1. The van der Waals surface area contributed by atoms with Gasteiger partial charge >= 0.3 is 0 Å². The van der Waals surface area contributed by atoms with Crippen molar-refractivity contribution in [2.45, 2.75) is 0 Å². The van der Waals surface area contributed by atoms with Gasteiger partial charge in [0.1, 0.15) is 23.9 Å². The Kier molecular flexibility index (Phi) is 6.21. The number of pyridine rings is 1. The number of primary amides is 1. The lowest BCUT2D eigenvalue weighted by Crippen LogP contribution is -2.36. The average molecular weight is 410 g/mol. The van der Waals surface area contributed by atoms with Crippen LogP contribution in [0.4, 0.5) is 5.69 Å². The molecule has 0 bridgehead atoms. The second-order valence-corrected chi connectivity index (χ2v) is 6.58. The van der Waals surface area contributed by atoms with Crippen LogP contribution in [-0.2, 0) is 0 Å². The standard InChI is InChI=1S/C21H20ClN5O2/c22-13-5-7-14(8-6-13)27-20(24)17-4-2-1-3-16(17)18(23)12-29-15-9-10-26-19(11-15)21(25)28/h1-11,27H,12,23-24H2,(H2,25,28)/b18-16-,20-17+. The first kappa shape index (κ1) is 20.0. The van der Waals surface area contributed by atoms with Gasteiger partial charge in [0, 0.05) is 33.4 Å². The van der Waals surface area contributed by atoms with Gasteiger partial charge in [-0.1, -0.05) is 35.9 Å². The van der Waals surface area contributed by atoms with E-state index >= 15 is 0 Å². The first-order valence-electron chi connectivity index (χ1n) is 8.69. The Morgan fingerprint density at radius 2 is 1.69 bits per heavy atom. The van der Waals surface area contributed by atoms with Crippen molar-refractivity contribution in [3.8, 4) is 5.75 Å². The monoisotopic (exact) mass is 409 g/mol. The van der Waals surface area contributed by atoms with Crippen molar-refractivity contribution in [3.05, 3.63) is 88.0 Å². The summed E-state index contributed by atoms with van der Waals surface area (Å²) < 4.78 is 5.68. The highest BCUT2D eigenvalue weighted by atomic mass is 35.5. The number of benzene rings is 2. The van der Waals surface area contributed by atoms with E-state index in [9.17, 15) is 4.79 Å². The highest BCUT2D eigenvalue weighted by Gasteiger charge is 2.05. The minimum Gasteiger partial charge on any atom is -0.487 e. The topological polar surface area (TPSA) is 129 Å². The molecule has 0 fully saturated rings. The number of hydrogen-bond acceptors (Lipinski definition) is 6. The summed E-state index contributed by atoms with van der Waals surface area (Å²) in [5.74, 6) is 0.240. The minimum atomic E-state index is -0.631. The van der Waals surface area contributed by atoms with Crippen molar-refractivity contribution >= 4 is 34.7 Å². The molecule has 0 aliphatic rings. The summed E-state index contributed by atoms with van der Waals surface area (Å²) >= 11 is 5.92. The molecule has 8 heteroatoms. The smallest absolute Gasteiger partial charge is 0.267 e. The number of ether oxygens (including phenoxy) is 1. The highest BCUT2D eigenvalue weighted by molar-refractivity contribution is 6.30. The Bertz CT molecular complexity index is 1150. The Morgan fingerprint density at radius 3 is 2.38 bits per heavy atom. The van der Waals surface area contributed by atoms with Gasteiger partial charge in [-0.05, 0) is 30.3 Å². The highest BCUT2D eigenvalue weighted by Crippen LogP contribution is 2.14. The molecule has 0 atom stereocenters. The summed E-state index contributed by atoms with van der Waals surface area (Å²) in [7, 11) is 0. The fourth-order valence-corrected chi connectivity index (χ4v) is 2.75. The number of nitrogens with two attached hydrogens (primary N) is 3. The second kappa shape index (κ2) is 8.99. The molecule has 2 aromatic carbocycles. The molecule has 0 saturated carbocycles. The first-order chi connectivity index (χ1) is 13.9. The van der Waals surface area contributed by atoms with Gasteiger partial charge in [0.2, 0.25) is 0 Å². The van der Waals surface area contributed by atoms with Crippen LogP contribution in [0.3, 0.4) is 0 Å². The van der Waals surface area contributed by atoms with Crippen LogP contribution in [0.5, 0.6) is 5.75 Å². The number of carbonyl (C=O) groups excluding carboxylic acids is 1.